The van der Waals surface area contributed by atoms with Crippen LogP contribution in [0.2, 0.25) is 5.02 Å². The van der Waals surface area contributed by atoms with Gasteiger partial charge in [-0.05, 0) is 24.6 Å². The van der Waals surface area contributed by atoms with Crippen LogP contribution in [0.25, 0.3) is 5.76 Å². The lowest BCUT2D eigenvalue weighted by Crippen LogP contribution is -2.72. The summed E-state index contributed by atoms with van der Waals surface area (Å²) in [5.74, 6) is -0.0914. The van der Waals surface area contributed by atoms with Crippen LogP contribution in [0.15, 0.2) is 63.7 Å². The number of aliphatic hydroxyl groups excluding tert-OH is 1. The van der Waals surface area contributed by atoms with Gasteiger partial charge in [-0.2, -0.15) is 4.57 Å². The van der Waals surface area contributed by atoms with E-state index in [0.29, 0.717) is 45.4 Å². The van der Waals surface area contributed by atoms with Crippen molar-refractivity contribution in [1.82, 2.24) is 9.55 Å². The largest absolute Gasteiger partial charge is 0.507 e. The van der Waals surface area contributed by atoms with E-state index in [0.717, 1.165) is 5.56 Å². The molecule has 2 heterocycles. The van der Waals surface area contributed by atoms with Crippen molar-refractivity contribution in [3.63, 3.8) is 0 Å². The van der Waals surface area contributed by atoms with Gasteiger partial charge in [-0.25, -0.2) is 9.79 Å². The normalized spacial score (nSPS) is 16.9. The molecule has 0 fully saturated rings. The SMILES string of the molecule is CCn1c2c(c(=O)[nH]c1=O)C(c1ccccc1Cl)C1=C(O)c3ccccc3C1=[NH+]2. The Morgan fingerprint density at radius 2 is 1.79 bits per heavy atom. The number of halogens is 1. The van der Waals surface area contributed by atoms with Crippen LogP contribution in [0.3, 0.4) is 0 Å². The molecule has 0 amide bonds. The molecule has 2 aliphatic rings. The maximum atomic E-state index is 13.0. The van der Waals surface area contributed by atoms with Gasteiger partial charge in [0.15, 0.2) is 0 Å². The lowest BCUT2D eigenvalue weighted by molar-refractivity contribution is -0.364. The smallest absolute Gasteiger partial charge is 0.415 e. The molecule has 1 aliphatic carbocycles. The highest BCUT2D eigenvalue weighted by molar-refractivity contribution is 6.32. The quantitative estimate of drug-likeness (QED) is 0.606. The summed E-state index contributed by atoms with van der Waals surface area (Å²) in [4.78, 5) is 31.0. The molecule has 0 spiro atoms. The summed E-state index contributed by atoms with van der Waals surface area (Å²) < 4.78 is 1.49. The fourth-order valence-electron chi connectivity index (χ4n) is 4.31. The first kappa shape index (κ1) is 17.7. The van der Waals surface area contributed by atoms with Gasteiger partial charge in [-0.15, -0.1) is 0 Å². The highest BCUT2D eigenvalue weighted by atomic mass is 35.5. The summed E-state index contributed by atoms with van der Waals surface area (Å²) in [6.45, 7) is 2.21. The predicted octanol–water partition coefficient (Wildman–Crippen LogP) is 1.84. The molecule has 3 N–H and O–H groups in total. The minimum absolute atomic E-state index is 0.104. The average Bonchev–Trinajstić information content (AvgIpc) is 3.00. The molecule has 5 rings (SSSR count). The molecule has 0 saturated heterocycles. The first-order valence-corrected chi connectivity index (χ1v) is 9.69. The molecule has 3 aromatic rings. The van der Waals surface area contributed by atoms with Crippen LogP contribution in [-0.4, -0.2) is 20.4 Å². The van der Waals surface area contributed by atoms with E-state index >= 15 is 0 Å². The Bertz CT molecular complexity index is 1360. The van der Waals surface area contributed by atoms with Crippen LogP contribution < -0.4 is 16.2 Å². The Morgan fingerprint density at radius 3 is 2.52 bits per heavy atom. The summed E-state index contributed by atoms with van der Waals surface area (Å²) in [5.41, 5.74) is 2.83. The van der Waals surface area contributed by atoms with Crippen LogP contribution in [0, 0.1) is 0 Å². The fourth-order valence-corrected chi connectivity index (χ4v) is 4.55. The number of hydrogen-bond acceptors (Lipinski definition) is 3. The molecule has 1 aromatic heterocycles. The molecule has 0 radical (unpaired) electrons. The van der Waals surface area contributed by atoms with Crippen LogP contribution in [0.1, 0.15) is 35.1 Å². The number of allylic oxidation sites excluding steroid dienone is 1. The van der Waals surface area contributed by atoms with Gasteiger partial charge in [0.05, 0.1) is 18.0 Å². The third kappa shape index (κ3) is 2.39. The molecule has 6 nitrogen and oxygen atoms in total. The summed E-state index contributed by atoms with van der Waals surface area (Å²) in [7, 11) is 0. The van der Waals surface area contributed by atoms with Crippen molar-refractivity contribution in [3.05, 3.63) is 102 Å². The molecule has 1 aliphatic heterocycles. The summed E-state index contributed by atoms with van der Waals surface area (Å²) in [5, 5.41) is 11.6. The lowest BCUT2D eigenvalue weighted by Gasteiger charge is -2.24. The monoisotopic (exact) mass is 406 g/mol. The van der Waals surface area contributed by atoms with E-state index in [1.165, 1.54) is 4.57 Å². The van der Waals surface area contributed by atoms with Crippen LogP contribution in [0.5, 0.6) is 0 Å². The van der Waals surface area contributed by atoms with E-state index in [9.17, 15) is 14.7 Å². The van der Waals surface area contributed by atoms with Crippen molar-refractivity contribution in [2.75, 3.05) is 0 Å². The highest BCUT2D eigenvalue weighted by Crippen LogP contribution is 2.45. The van der Waals surface area contributed by atoms with E-state index in [1.807, 2.05) is 49.4 Å². The van der Waals surface area contributed by atoms with Gasteiger partial charge < -0.3 is 5.11 Å². The van der Waals surface area contributed by atoms with Gasteiger partial charge in [0.25, 0.3) is 11.4 Å². The second-order valence-electron chi connectivity index (χ2n) is 7.03. The third-order valence-electron chi connectivity index (χ3n) is 5.56. The van der Waals surface area contributed by atoms with E-state index in [1.54, 1.807) is 6.07 Å². The number of H-pyrrole nitrogens is 1. The summed E-state index contributed by atoms with van der Waals surface area (Å²) >= 11 is 6.52. The molecule has 1 atom stereocenters. The van der Waals surface area contributed by atoms with Crippen molar-refractivity contribution >= 4 is 28.9 Å². The van der Waals surface area contributed by atoms with E-state index in [-0.39, 0.29) is 5.76 Å². The van der Waals surface area contributed by atoms with Crippen molar-refractivity contribution in [2.45, 2.75) is 19.4 Å². The van der Waals surface area contributed by atoms with Crippen LogP contribution >= 0.6 is 11.6 Å². The molecule has 29 heavy (non-hydrogen) atoms. The average molecular weight is 407 g/mol. The Kier molecular flexibility index (Phi) is 3.86. The number of benzene rings is 2. The number of aromatic nitrogens is 2. The topological polar surface area (TPSA) is 89.1 Å². The van der Waals surface area contributed by atoms with Gasteiger partial charge >= 0.3 is 5.69 Å². The van der Waals surface area contributed by atoms with Gasteiger partial charge in [0.2, 0.25) is 0 Å². The summed E-state index contributed by atoms with van der Waals surface area (Å²) in [6, 6.07) is 14.7. The van der Waals surface area contributed by atoms with Crippen molar-refractivity contribution < 1.29 is 10.1 Å². The fraction of sp³-hybridized carbons (Fsp3) is 0.136. The first-order valence-electron chi connectivity index (χ1n) is 9.31. The van der Waals surface area contributed by atoms with Gasteiger partial charge in [-0.1, -0.05) is 48.0 Å². The van der Waals surface area contributed by atoms with Crippen LogP contribution in [-0.2, 0) is 6.54 Å². The zero-order chi connectivity index (χ0) is 20.3. The van der Waals surface area contributed by atoms with Gasteiger partial charge in [-0.3, -0.25) is 9.78 Å². The van der Waals surface area contributed by atoms with E-state index < -0.39 is 17.2 Å². The first-order chi connectivity index (χ1) is 14.0. The number of aliphatic hydroxyl groups is 1. The molecule has 144 valence electrons. The van der Waals surface area contributed by atoms with Crippen molar-refractivity contribution in [3.8, 4) is 0 Å². The zero-order valence-corrected chi connectivity index (χ0v) is 16.2. The van der Waals surface area contributed by atoms with Gasteiger partial charge in [0.1, 0.15) is 17.0 Å². The second kappa shape index (κ2) is 6.32. The Balaban J connectivity index is 1.96. The number of hydrogen-bond donors (Lipinski definition) is 3. The third-order valence-corrected chi connectivity index (χ3v) is 5.91. The minimum atomic E-state index is -0.621. The molecule has 2 aromatic carbocycles. The number of fused-ring (bicyclic) bond motifs is 4. The van der Waals surface area contributed by atoms with Gasteiger partial charge in [0, 0.05) is 16.1 Å². The molecular weight excluding hydrogens is 390 g/mol. The Hall–Kier alpha value is -3.38. The van der Waals surface area contributed by atoms with Crippen molar-refractivity contribution in [1.29, 1.82) is 0 Å². The predicted molar refractivity (Wildman–Crippen MR) is 111 cm³/mol. The molecular formula is C22H17ClN3O3+. The van der Waals surface area contributed by atoms with Crippen LogP contribution in [0.4, 0.5) is 5.82 Å². The second-order valence-corrected chi connectivity index (χ2v) is 7.44. The molecule has 7 heteroatoms. The minimum Gasteiger partial charge on any atom is -0.507 e. The number of nitrogens with zero attached hydrogens (tertiary/aromatic N) is 1. The zero-order valence-electron chi connectivity index (χ0n) is 15.5. The lowest BCUT2D eigenvalue weighted by atomic mass is 9.81. The standard InChI is InChI=1S/C22H16ClN3O3/c1-2-26-20-17(21(28)25-22(26)29)15(13-9-5-6-10-14(13)23)16-18(24-20)11-7-3-4-8-12(11)19(16)27/h3-10,15,27H,2H2,1H3,(H,25,28,29)/p+1. The number of rotatable bonds is 2. The molecule has 0 bridgehead atoms. The summed E-state index contributed by atoms with van der Waals surface area (Å²) in [6.07, 6.45) is 0. The number of nitrogens with one attached hydrogen (secondary N) is 2. The molecule has 0 saturated carbocycles. The Morgan fingerprint density at radius 1 is 1.10 bits per heavy atom. The van der Waals surface area contributed by atoms with Crippen molar-refractivity contribution in [2.24, 2.45) is 0 Å². The molecule has 1 unspecified atom stereocenters. The van der Waals surface area contributed by atoms with E-state index in [2.05, 4.69) is 9.98 Å². The highest BCUT2D eigenvalue weighted by Gasteiger charge is 2.44. The Labute approximate surface area is 170 Å². The maximum Gasteiger partial charge on any atom is 0.415 e. The van der Waals surface area contributed by atoms with E-state index in [4.69, 9.17) is 11.6 Å². The number of aromatic amines is 1. The maximum absolute atomic E-state index is 13.0.